The molecule has 0 saturated carbocycles. The second kappa shape index (κ2) is 6.44. The van der Waals surface area contributed by atoms with Crippen molar-refractivity contribution in [1.82, 2.24) is 5.43 Å². The van der Waals surface area contributed by atoms with Crippen LogP contribution in [0.3, 0.4) is 0 Å². The summed E-state index contributed by atoms with van der Waals surface area (Å²) in [6.45, 7) is 2.12. The van der Waals surface area contributed by atoms with Crippen LogP contribution in [0.4, 0.5) is 0 Å². The highest BCUT2D eigenvalue weighted by Crippen LogP contribution is 1.99. The molecule has 0 radical (unpaired) electrons. The molecule has 0 aliphatic carbocycles. The van der Waals surface area contributed by atoms with Crippen LogP contribution in [0.5, 0.6) is 0 Å². The van der Waals surface area contributed by atoms with Crippen LogP contribution in [-0.4, -0.2) is 11.6 Å². The van der Waals surface area contributed by atoms with Crippen molar-refractivity contribution in [3.63, 3.8) is 0 Å². The molecule has 4 nitrogen and oxygen atoms in total. The third kappa shape index (κ3) is 4.03. The molecule has 2 rings (SSSR count). The molecule has 0 spiro atoms. The minimum atomic E-state index is -0.147. The van der Waals surface area contributed by atoms with Crippen LogP contribution in [0.1, 0.15) is 12.5 Å². The molecule has 0 unspecified atom stereocenters. The molecule has 0 saturated heterocycles. The summed E-state index contributed by atoms with van der Waals surface area (Å²) in [5.74, 6) is -0.147. The smallest absolute Gasteiger partial charge is 0.266 e. The van der Waals surface area contributed by atoms with Crippen molar-refractivity contribution < 1.29 is 9.36 Å². The predicted molar refractivity (Wildman–Crippen MR) is 73.4 cm³/mol. The third-order valence-electron chi connectivity index (χ3n) is 2.64. The van der Waals surface area contributed by atoms with Crippen LogP contribution < -0.4 is 9.99 Å². The van der Waals surface area contributed by atoms with E-state index in [0.717, 1.165) is 11.3 Å². The Kier molecular flexibility index (Phi) is 4.39. The van der Waals surface area contributed by atoms with E-state index in [1.54, 1.807) is 4.57 Å². The molecule has 0 bridgehead atoms. The summed E-state index contributed by atoms with van der Waals surface area (Å²) in [5.41, 5.74) is 4.34. The zero-order valence-electron chi connectivity index (χ0n) is 10.8. The highest BCUT2D eigenvalue weighted by molar-refractivity contribution is 5.99. The quantitative estimate of drug-likeness (QED) is 0.502. The summed E-state index contributed by atoms with van der Waals surface area (Å²) in [6.07, 6.45) is 3.68. The number of amides is 1. The second-order valence-electron chi connectivity index (χ2n) is 4.15. The number of carbonyl (C=O) groups excluding carboxylic acids is 1. The topological polar surface area (TPSA) is 45.3 Å². The van der Waals surface area contributed by atoms with Gasteiger partial charge in [0.1, 0.15) is 0 Å². The molecule has 2 aromatic rings. The highest BCUT2D eigenvalue weighted by Gasteiger charge is 2.07. The van der Waals surface area contributed by atoms with Gasteiger partial charge in [-0.25, -0.2) is 5.43 Å². The fourth-order valence-corrected chi connectivity index (χ4v) is 1.63. The maximum absolute atomic E-state index is 11.7. The van der Waals surface area contributed by atoms with E-state index in [4.69, 9.17) is 0 Å². The fraction of sp³-hybridized carbons (Fsp3) is 0.133. The number of hydrazone groups is 1. The van der Waals surface area contributed by atoms with Gasteiger partial charge in [-0.3, -0.25) is 4.79 Å². The Morgan fingerprint density at radius 1 is 1.11 bits per heavy atom. The average molecular weight is 254 g/mol. The van der Waals surface area contributed by atoms with Gasteiger partial charge in [-0.05, 0) is 12.5 Å². The lowest BCUT2D eigenvalue weighted by molar-refractivity contribution is -0.684. The van der Waals surface area contributed by atoms with E-state index in [1.165, 1.54) is 0 Å². The Bertz CT molecular complexity index is 564. The molecule has 0 fully saturated rings. The molecule has 1 N–H and O–H groups in total. The summed E-state index contributed by atoms with van der Waals surface area (Å²) in [4.78, 5) is 11.7. The lowest BCUT2D eigenvalue weighted by Crippen LogP contribution is -2.41. The maximum Gasteiger partial charge on any atom is 0.305 e. The van der Waals surface area contributed by atoms with Crippen molar-refractivity contribution in [2.75, 3.05) is 0 Å². The molecule has 19 heavy (non-hydrogen) atoms. The Hall–Kier alpha value is -2.49. The third-order valence-corrected chi connectivity index (χ3v) is 2.64. The molecule has 1 aromatic heterocycles. The number of pyridine rings is 1. The van der Waals surface area contributed by atoms with E-state index >= 15 is 0 Å². The van der Waals surface area contributed by atoms with Gasteiger partial charge in [-0.15, -0.1) is 0 Å². The zero-order chi connectivity index (χ0) is 13.5. The van der Waals surface area contributed by atoms with Gasteiger partial charge in [0, 0.05) is 12.1 Å². The number of nitrogens with zero attached hydrogens (tertiary/aromatic N) is 2. The molecule has 0 aliphatic heterocycles. The van der Waals surface area contributed by atoms with Crippen molar-refractivity contribution in [2.24, 2.45) is 5.10 Å². The van der Waals surface area contributed by atoms with Gasteiger partial charge in [-0.1, -0.05) is 36.4 Å². The molecular formula is C15H16N3O+. The fourth-order valence-electron chi connectivity index (χ4n) is 1.63. The largest absolute Gasteiger partial charge is 0.305 e. The van der Waals surface area contributed by atoms with Crippen molar-refractivity contribution >= 4 is 11.6 Å². The summed E-state index contributed by atoms with van der Waals surface area (Å²) in [7, 11) is 0. The standard InChI is InChI=1S/C15H15N3O/c1-13(14-8-4-2-5-9-14)16-17-15(19)12-18-10-6-3-7-11-18/h2-11H,12H2,1H3/p+1/b16-13-. The van der Waals surface area contributed by atoms with E-state index in [1.807, 2.05) is 67.8 Å². The van der Waals surface area contributed by atoms with Gasteiger partial charge in [0.15, 0.2) is 12.4 Å². The van der Waals surface area contributed by atoms with E-state index < -0.39 is 0 Å². The first-order valence-electron chi connectivity index (χ1n) is 6.08. The molecule has 1 amide bonds. The molecular weight excluding hydrogens is 238 g/mol. The number of rotatable bonds is 4. The first kappa shape index (κ1) is 13.0. The summed E-state index contributed by atoms with van der Waals surface area (Å²) in [6, 6.07) is 15.4. The van der Waals surface area contributed by atoms with Gasteiger partial charge >= 0.3 is 5.91 Å². The number of carbonyl (C=O) groups is 1. The van der Waals surface area contributed by atoms with Crippen LogP contribution >= 0.6 is 0 Å². The van der Waals surface area contributed by atoms with Crippen molar-refractivity contribution in [1.29, 1.82) is 0 Å². The highest BCUT2D eigenvalue weighted by atomic mass is 16.2. The zero-order valence-corrected chi connectivity index (χ0v) is 10.8. The molecule has 4 heteroatoms. The van der Waals surface area contributed by atoms with Gasteiger partial charge < -0.3 is 0 Å². The van der Waals surface area contributed by atoms with Gasteiger partial charge in [0.25, 0.3) is 0 Å². The number of benzene rings is 1. The van der Waals surface area contributed by atoms with Crippen molar-refractivity contribution in [3.8, 4) is 0 Å². The SMILES string of the molecule is C/C(=N/NC(=O)C[n+]1ccccc1)c1ccccc1. The predicted octanol–water partition coefficient (Wildman–Crippen LogP) is 1.51. The van der Waals surface area contributed by atoms with Crippen LogP contribution in [0.15, 0.2) is 66.0 Å². The number of hydrogen-bond acceptors (Lipinski definition) is 2. The van der Waals surface area contributed by atoms with Gasteiger partial charge in [0.05, 0.1) is 5.71 Å². The minimum absolute atomic E-state index is 0.147. The molecule has 0 atom stereocenters. The normalized spacial score (nSPS) is 11.1. The van der Waals surface area contributed by atoms with Crippen LogP contribution in [0, 0.1) is 0 Å². The number of nitrogens with one attached hydrogen (secondary N) is 1. The molecule has 1 aromatic carbocycles. The van der Waals surface area contributed by atoms with Crippen molar-refractivity contribution in [2.45, 2.75) is 13.5 Å². The second-order valence-corrected chi connectivity index (χ2v) is 4.15. The lowest BCUT2D eigenvalue weighted by atomic mass is 10.1. The maximum atomic E-state index is 11.7. The summed E-state index contributed by atoms with van der Waals surface area (Å²) >= 11 is 0. The molecule has 96 valence electrons. The van der Waals surface area contributed by atoms with E-state index in [-0.39, 0.29) is 12.5 Å². The number of aromatic nitrogens is 1. The lowest BCUT2D eigenvalue weighted by Gasteiger charge is -2.01. The molecule has 0 aliphatic rings. The average Bonchev–Trinajstić information content (AvgIpc) is 2.47. The van der Waals surface area contributed by atoms with E-state index in [9.17, 15) is 4.79 Å². The Balaban J connectivity index is 1.93. The Morgan fingerprint density at radius 2 is 1.74 bits per heavy atom. The summed E-state index contributed by atoms with van der Waals surface area (Å²) < 4.78 is 1.79. The monoisotopic (exact) mass is 254 g/mol. The minimum Gasteiger partial charge on any atom is -0.266 e. The van der Waals surface area contributed by atoms with E-state index in [2.05, 4.69) is 10.5 Å². The van der Waals surface area contributed by atoms with Crippen LogP contribution in [0.2, 0.25) is 0 Å². The first-order chi connectivity index (χ1) is 9.25. The van der Waals surface area contributed by atoms with Crippen LogP contribution in [-0.2, 0) is 11.3 Å². The number of hydrogen-bond donors (Lipinski definition) is 1. The van der Waals surface area contributed by atoms with Crippen LogP contribution in [0.25, 0.3) is 0 Å². The summed E-state index contributed by atoms with van der Waals surface area (Å²) in [5, 5.41) is 4.09. The molecule has 1 heterocycles. The van der Waals surface area contributed by atoms with Gasteiger partial charge in [0.2, 0.25) is 6.54 Å². The Labute approximate surface area is 112 Å². The van der Waals surface area contributed by atoms with Crippen molar-refractivity contribution in [3.05, 3.63) is 66.5 Å². The van der Waals surface area contributed by atoms with E-state index in [0.29, 0.717) is 0 Å². The van der Waals surface area contributed by atoms with Gasteiger partial charge in [-0.2, -0.15) is 9.67 Å². The Morgan fingerprint density at radius 3 is 2.42 bits per heavy atom. The first-order valence-corrected chi connectivity index (χ1v) is 6.08.